The lowest BCUT2D eigenvalue weighted by Crippen LogP contribution is -2.53. The van der Waals surface area contributed by atoms with Crippen molar-refractivity contribution in [3.63, 3.8) is 0 Å². The van der Waals surface area contributed by atoms with Crippen LogP contribution in [-0.2, 0) is 11.3 Å². The van der Waals surface area contributed by atoms with Gasteiger partial charge in [0.1, 0.15) is 11.6 Å². The van der Waals surface area contributed by atoms with Crippen molar-refractivity contribution in [3.8, 4) is 5.75 Å². The smallest absolute Gasteiger partial charge is 0.266 e. The van der Waals surface area contributed by atoms with E-state index in [9.17, 15) is 14.0 Å². The summed E-state index contributed by atoms with van der Waals surface area (Å²) in [5.74, 6) is 0.198. The number of ether oxygens (including phenoxy) is 1. The van der Waals surface area contributed by atoms with Crippen LogP contribution >= 0.6 is 0 Å². The quantitative estimate of drug-likeness (QED) is 0.827. The Kier molecular flexibility index (Phi) is 4.59. The van der Waals surface area contributed by atoms with Gasteiger partial charge in [0.05, 0.1) is 12.2 Å². The molecule has 0 aliphatic carbocycles. The number of carbonyl (C=O) groups is 1. The third-order valence-corrected chi connectivity index (χ3v) is 3.92. The van der Waals surface area contributed by atoms with E-state index in [1.807, 2.05) is 6.92 Å². The second kappa shape index (κ2) is 6.82. The molecule has 1 fully saturated rings. The van der Waals surface area contributed by atoms with Gasteiger partial charge in [0.15, 0.2) is 6.61 Å². The van der Waals surface area contributed by atoms with Gasteiger partial charge >= 0.3 is 0 Å². The van der Waals surface area contributed by atoms with Gasteiger partial charge in [-0.05, 0) is 37.3 Å². The Morgan fingerprint density at radius 2 is 1.96 bits per heavy atom. The Bertz CT molecular complexity index is 782. The molecular formula is C17H18FN3O3. The van der Waals surface area contributed by atoms with Crippen LogP contribution in [-0.4, -0.2) is 40.3 Å². The number of amides is 1. The summed E-state index contributed by atoms with van der Waals surface area (Å²) in [7, 11) is 0. The van der Waals surface area contributed by atoms with Crippen LogP contribution in [0.15, 0.2) is 41.2 Å². The van der Waals surface area contributed by atoms with E-state index < -0.39 is 0 Å². The van der Waals surface area contributed by atoms with Crippen molar-refractivity contribution in [1.82, 2.24) is 14.7 Å². The molecule has 24 heavy (non-hydrogen) atoms. The fourth-order valence-corrected chi connectivity index (χ4v) is 2.58. The van der Waals surface area contributed by atoms with Gasteiger partial charge < -0.3 is 9.64 Å². The SMILES string of the molecule is Cc1ccc(=O)n(CC2CN(C(=O)COc3ccc(F)cc3)C2)n1. The van der Waals surface area contributed by atoms with Crippen molar-refractivity contribution >= 4 is 5.91 Å². The highest BCUT2D eigenvalue weighted by Gasteiger charge is 2.31. The number of hydrogen-bond donors (Lipinski definition) is 0. The maximum atomic E-state index is 12.8. The molecule has 2 aromatic rings. The molecule has 3 rings (SSSR count). The van der Waals surface area contributed by atoms with Gasteiger partial charge in [-0.25, -0.2) is 9.07 Å². The van der Waals surface area contributed by atoms with Crippen LogP contribution in [0.25, 0.3) is 0 Å². The number of aryl methyl sites for hydroxylation is 1. The third-order valence-electron chi connectivity index (χ3n) is 3.92. The van der Waals surface area contributed by atoms with Crippen molar-refractivity contribution in [3.05, 3.63) is 58.3 Å². The number of rotatable bonds is 5. The molecule has 126 valence electrons. The molecule has 1 aromatic heterocycles. The number of likely N-dealkylation sites (tertiary alicyclic amines) is 1. The molecule has 0 atom stereocenters. The van der Waals surface area contributed by atoms with Crippen LogP contribution < -0.4 is 10.3 Å². The normalized spacial score (nSPS) is 14.3. The molecule has 2 heterocycles. The average molecular weight is 331 g/mol. The Morgan fingerprint density at radius 1 is 1.25 bits per heavy atom. The van der Waals surface area contributed by atoms with Gasteiger partial charge in [-0.15, -0.1) is 0 Å². The summed E-state index contributed by atoms with van der Waals surface area (Å²) >= 11 is 0. The molecule has 1 saturated heterocycles. The maximum absolute atomic E-state index is 12.8. The van der Waals surface area contributed by atoms with Crippen LogP contribution in [0.2, 0.25) is 0 Å². The van der Waals surface area contributed by atoms with E-state index in [-0.39, 0.29) is 29.8 Å². The number of hydrogen-bond acceptors (Lipinski definition) is 4. The summed E-state index contributed by atoms with van der Waals surface area (Å²) in [4.78, 5) is 25.4. The lowest BCUT2D eigenvalue weighted by molar-refractivity contribution is -0.140. The third kappa shape index (κ3) is 3.79. The monoisotopic (exact) mass is 331 g/mol. The predicted molar refractivity (Wildman–Crippen MR) is 85.2 cm³/mol. The molecule has 1 aliphatic heterocycles. The van der Waals surface area contributed by atoms with E-state index in [0.717, 1.165) is 5.69 Å². The van der Waals surface area contributed by atoms with Crippen LogP contribution in [0, 0.1) is 18.7 Å². The molecule has 0 spiro atoms. The minimum Gasteiger partial charge on any atom is -0.484 e. The van der Waals surface area contributed by atoms with Crippen LogP contribution in [0.3, 0.4) is 0 Å². The average Bonchev–Trinajstić information content (AvgIpc) is 2.52. The first kappa shape index (κ1) is 16.2. The van der Waals surface area contributed by atoms with Gasteiger partial charge in [-0.3, -0.25) is 9.59 Å². The Labute approximate surface area is 138 Å². The maximum Gasteiger partial charge on any atom is 0.266 e. The van der Waals surface area contributed by atoms with Gasteiger partial charge in [-0.1, -0.05) is 0 Å². The first-order chi connectivity index (χ1) is 11.5. The van der Waals surface area contributed by atoms with E-state index in [2.05, 4.69) is 5.10 Å². The molecule has 0 radical (unpaired) electrons. The Morgan fingerprint density at radius 3 is 2.67 bits per heavy atom. The lowest BCUT2D eigenvalue weighted by atomic mass is 10.0. The Balaban J connectivity index is 1.45. The molecule has 1 aliphatic rings. The number of carbonyl (C=O) groups excluding carboxylic acids is 1. The lowest BCUT2D eigenvalue weighted by Gasteiger charge is -2.39. The first-order valence-electron chi connectivity index (χ1n) is 7.72. The van der Waals surface area contributed by atoms with Crippen molar-refractivity contribution in [2.75, 3.05) is 19.7 Å². The van der Waals surface area contributed by atoms with Crippen LogP contribution in [0.4, 0.5) is 4.39 Å². The molecule has 0 unspecified atom stereocenters. The summed E-state index contributed by atoms with van der Waals surface area (Å²) in [6.07, 6.45) is 0. The zero-order valence-electron chi connectivity index (χ0n) is 13.3. The summed E-state index contributed by atoms with van der Waals surface area (Å²) in [6, 6.07) is 8.72. The van der Waals surface area contributed by atoms with E-state index >= 15 is 0 Å². The van der Waals surface area contributed by atoms with Gasteiger partial charge in [-0.2, -0.15) is 5.10 Å². The van der Waals surface area contributed by atoms with E-state index in [1.54, 1.807) is 11.0 Å². The second-order valence-corrected chi connectivity index (χ2v) is 5.90. The van der Waals surface area contributed by atoms with E-state index in [1.165, 1.54) is 35.0 Å². The zero-order valence-corrected chi connectivity index (χ0v) is 13.3. The van der Waals surface area contributed by atoms with Crippen molar-refractivity contribution in [2.45, 2.75) is 13.5 Å². The molecule has 6 nitrogen and oxygen atoms in total. The van der Waals surface area contributed by atoms with Crippen LogP contribution in [0.1, 0.15) is 5.69 Å². The number of benzene rings is 1. The molecule has 1 amide bonds. The van der Waals surface area contributed by atoms with E-state index in [4.69, 9.17) is 4.74 Å². The minimum atomic E-state index is -0.348. The fourth-order valence-electron chi connectivity index (χ4n) is 2.58. The molecule has 7 heteroatoms. The highest BCUT2D eigenvalue weighted by atomic mass is 19.1. The molecule has 1 aromatic carbocycles. The standard InChI is InChI=1S/C17H18FN3O3/c1-12-2-7-16(22)21(19-12)10-13-8-20(9-13)17(23)11-24-15-5-3-14(18)4-6-15/h2-7,13H,8-11H2,1H3. The van der Waals surface area contributed by atoms with Crippen LogP contribution in [0.5, 0.6) is 5.75 Å². The van der Waals surface area contributed by atoms with Crippen molar-refractivity contribution < 1.29 is 13.9 Å². The van der Waals surface area contributed by atoms with E-state index in [0.29, 0.717) is 25.4 Å². The van der Waals surface area contributed by atoms with Gasteiger partial charge in [0.2, 0.25) is 0 Å². The number of aromatic nitrogens is 2. The van der Waals surface area contributed by atoms with Crippen molar-refractivity contribution in [2.24, 2.45) is 5.92 Å². The number of nitrogens with zero attached hydrogens (tertiary/aromatic N) is 3. The zero-order chi connectivity index (χ0) is 17.1. The fraction of sp³-hybridized carbons (Fsp3) is 0.353. The first-order valence-corrected chi connectivity index (χ1v) is 7.72. The van der Waals surface area contributed by atoms with Crippen molar-refractivity contribution in [1.29, 1.82) is 0 Å². The van der Waals surface area contributed by atoms with Gasteiger partial charge in [0, 0.05) is 25.1 Å². The highest BCUT2D eigenvalue weighted by Crippen LogP contribution is 2.18. The summed E-state index contributed by atoms with van der Waals surface area (Å²) < 4.78 is 19.6. The highest BCUT2D eigenvalue weighted by molar-refractivity contribution is 5.78. The largest absolute Gasteiger partial charge is 0.484 e. The minimum absolute atomic E-state index is 0.0823. The molecular weight excluding hydrogens is 313 g/mol. The molecule has 0 N–H and O–H groups in total. The summed E-state index contributed by atoms with van der Waals surface area (Å²) in [5.41, 5.74) is 0.652. The summed E-state index contributed by atoms with van der Waals surface area (Å²) in [5, 5.41) is 4.19. The van der Waals surface area contributed by atoms with Gasteiger partial charge in [0.25, 0.3) is 11.5 Å². The summed E-state index contributed by atoms with van der Waals surface area (Å²) in [6.45, 7) is 3.41. The second-order valence-electron chi connectivity index (χ2n) is 5.90. The Hall–Kier alpha value is -2.70. The number of halogens is 1. The topological polar surface area (TPSA) is 64.4 Å². The molecule has 0 saturated carbocycles. The molecule has 0 bridgehead atoms. The predicted octanol–water partition coefficient (Wildman–Crippen LogP) is 1.23.